The average Bonchev–Trinajstić information content (AvgIpc) is 3.39. The number of anilines is 6. The number of thiazole rings is 1. The Morgan fingerprint density at radius 2 is 1.47 bits per heavy atom. The topological polar surface area (TPSA) is 126 Å². The molecule has 0 unspecified atom stereocenters. The van der Waals surface area contributed by atoms with Crippen LogP contribution >= 0.6 is 22.9 Å². The number of benzene rings is 3. The predicted molar refractivity (Wildman–Crippen MR) is 151 cm³/mol. The zero-order valence-corrected chi connectivity index (χ0v) is 21.5. The second kappa shape index (κ2) is 11.5. The highest BCUT2D eigenvalue weighted by atomic mass is 35.5. The molecular formula is C26H21ClN8O2S. The van der Waals surface area contributed by atoms with Gasteiger partial charge in [-0.2, -0.15) is 15.0 Å². The molecule has 10 nitrogen and oxygen atoms in total. The van der Waals surface area contributed by atoms with Crippen molar-refractivity contribution in [1.29, 1.82) is 0 Å². The zero-order chi connectivity index (χ0) is 26.3. The van der Waals surface area contributed by atoms with Gasteiger partial charge < -0.3 is 15.4 Å². The Kier molecular flexibility index (Phi) is 7.57. The van der Waals surface area contributed by atoms with E-state index < -0.39 is 6.03 Å². The largest absolute Gasteiger partial charge is 0.497 e. The molecule has 5 aromatic rings. The third-order valence-electron chi connectivity index (χ3n) is 5.12. The number of ether oxygens (including phenoxy) is 1. The summed E-state index contributed by atoms with van der Waals surface area (Å²) in [4.78, 5) is 30.4. The lowest BCUT2D eigenvalue weighted by atomic mass is 10.2. The number of carbonyl (C=O) groups excluding carboxylic acids is 1. The molecule has 2 aromatic heterocycles. The molecule has 0 saturated carbocycles. The SMILES string of the molecule is COc1ccc(Nc2nc(NC(=O)Nc3ccccc3Cl)nc(Nc3nc(-c4ccccc4)cs3)n2)cc1. The van der Waals surface area contributed by atoms with Crippen molar-refractivity contribution in [1.82, 2.24) is 19.9 Å². The first-order valence-corrected chi connectivity index (χ1v) is 12.6. The Morgan fingerprint density at radius 1 is 0.789 bits per heavy atom. The summed E-state index contributed by atoms with van der Waals surface area (Å²) in [6, 6.07) is 23.4. The molecule has 0 saturated heterocycles. The van der Waals surface area contributed by atoms with Gasteiger partial charge in [0.15, 0.2) is 5.13 Å². The Hall–Kier alpha value is -4.74. The average molecular weight is 545 g/mol. The van der Waals surface area contributed by atoms with E-state index in [1.165, 1.54) is 11.3 Å². The molecule has 0 atom stereocenters. The van der Waals surface area contributed by atoms with Crippen molar-refractivity contribution in [3.05, 3.63) is 89.3 Å². The van der Waals surface area contributed by atoms with Crippen molar-refractivity contribution in [3.63, 3.8) is 0 Å². The lowest BCUT2D eigenvalue weighted by molar-refractivity contribution is 0.262. The minimum absolute atomic E-state index is 0.0166. The number of para-hydroxylation sites is 1. The van der Waals surface area contributed by atoms with Crippen molar-refractivity contribution in [2.24, 2.45) is 0 Å². The van der Waals surface area contributed by atoms with Gasteiger partial charge in [0.25, 0.3) is 0 Å². The van der Waals surface area contributed by atoms with Gasteiger partial charge in [0.05, 0.1) is 23.5 Å². The van der Waals surface area contributed by atoms with Crippen LogP contribution in [0.1, 0.15) is 0 Å². The van der Waals surface area contributed by atoms with Crippen LogP contribution in [0.25, 0.3) is 11.3 Å². The number of nitrogens with zero attached hydrogens (tertiary/aromatic N) is 4. The normalized spacial score (nSPS) is 10.5. The molecule has 2 amide bonds. The fraction of sp³-hybridized carbons (Fsp3) is 0.0385. The van der Waals surface area contributed by atoms with E-state index in [9.17, 15) is 4.79 Å². The first-order valence-electron chi connectivity index (χ1n) is 11.3. The van der Waals surface area contributed by atoms with E-state index in [0.29, 0.717) is 21.6 Å². The maximum Gasteiger partial charge on any atom is 0.326 e. The Labute approximate surface area is 227 Å². The fourth-order valence-corrected chi connectivity index (χ4v) is 4.23. The van der Waals surface area contributed by atoms with Crippen LogP contribution in [0.2, 0.25) is 5.02 Å². The van der Waals surface area contributed by atoms with Gasteiger partial charge in [-0.25, -0.2) is 9.78 Å². The second-order valence-corrected chi connectivity index (χ2v) is 9.01. The van der Waals surface area contributed by atoms with Crippen LogP contribution in [-0.4, -0.2) is 33.1 Å². The molecular weight excluding hydrogens is 524 g/mol. The number of rotatable bonds is 8. The molecule has 0 aliphatic rings. The number of urea groups is 1. The quantitative estimate of drug-likeness (QED) is 0.168. The standard InChI is InChI=1S/C26H21ClN8O2S/c1-37-18-13-11-17(12-14-18)28-22-31-23(34-25(36)29-20-10-6-5-9-19(20)27)33-24(32-22)35-26-30-21(15-38-26)16-7-3-2-4-8-16/h2-15H,1H3,(H4,28,29,30,31,32,33,34,35,36). The molecule has 4 N–H and O–H groups in total. The van der Waals surface area contributed by atoms with Crippen LogP contribution in [0.5, 0.6) is 5.75 Å². The van der Waals surface area contributed by atoms with Crippen LogP contribution < -0.4 is 26.0 Å². The first kappa shape index (κ1) is 24.9. The van der Waals surface area contributed by atoms with Crippen molar-refractivity contribution in [2.75, 3.05) is 28.4 Å². The van der Waals surface area contributed by atoms with Gasteiger partial charge in [-0.1, -0.05) is 54.1 Å². The van der Waals surface area contributed by atoms with Crippen LogP contribution in [0, 0.1) is 0 Å². The van der Waals surface area contributed by atoms with Crippen LogP contribution in [0.3, 0.4) is 0 Å². The molecule has 38 heavy (non-hydrogen) atoms. The number of methoxy groups -OCH3 is 1. The highest BCUT2D eigenvalue weighted by molar-refractivity contribution is 7.14. The predicted octanol–water partition coefficient (Wildman–Crippen LogP) is 6.79. The van der Waals surface area contributed by atoms with Crippen molar-refractivity contribution >= 4 is 63.3 Å². The van der Waals surface area contributed by atoms with Gasteiger partial charge in [-0.3, -0.25) is 10.6 Å². The van der Waals surface area contributed by atoms with Gasteiger partial charge in [0, 0.05) is 16.6 Å². The summed E-state index contributed by atoms with van der Waals surface area (Å²) in [6.07, 6.45) is 0. The lowest BCUT2D eigenvalue weighted by Gasteiger charge is -2.11. The fourth-order valence-electron chi connectivity index (χ4n) is 3.33. The molecule has 190 valence electrons. The Balaban J connectivity index is 1.39. The molecule has 0 fully saturated rings. The lowest BCUT2D eigenvalue weighted by Crippen LogP contribution is -2.22. The monoisotopic (exact) mass is 544 g/mol. The number of carbonyl (C=O) groups is 1. The smallest absolute Gasteiger partial charge is 0.326 e. The van der Waals surface area contributed by atoms with Gasteiger partial charge in [0.1, 0.15) is 5.75 Å². The Morgan fingerprint density at radius 3 is 2.21 bits per heavy atom. The molecule has 0 radical (unpaired) electrons. The van der Waals surface area contributed by atoms with Gasteiger partial charge in [-0.05, 0) is 36.4 Å². The van der Waals surface area contributed by atoms with Gasteiger partial charge in [-0.15, -0.1) is 11.3 Å². The number of nitrogens with one attached hydrogen (secondary N) is 4. The van der Waals surface area contributed by atoms with Crippen LogP contribution in [0.4, 0.5) is 39.1 Å². The maximum atomic E-state index is 12.7. The molecule has 5 rings (SSSR count). The molecule has 12 heteroatoms. The first-order chi connectivity index (χ1) is 18.6. The molecule has 2 heterocycles. The summed E-state index contributed by atoms with van der Waals surface area (Å²) in [5.74, 6) is 1.13. The van der Waals surface area contributed by atoms with Gasteiger partial charge in [0.2, 0.25) is 17.8 Å². The molecule has 0 bridgehead atoms. The zero-order valence-electron chi connectivity index (χ0n) is 20.0. The van der Waals surface area contributed by atoms with E-state index in [0.717, 1.165) is 16.9 Å². The van der Waals surface area contributed by atoms with Gasteiger partial charge >= 0.3 is 6.03 Å². The molecule has 3 aromatic carbocycles. The summed E-state index contributed by atoms with van der Waals surface area (Å²) >= 11 is 7.56. The highest BCUT2D eigenvalue weighted by Crippen LogP contribution is 2.27. The van der Waals surface area contributed by atoms with E-state index in [1.807, 2.05) is 47.8 Å². The summed E-state index contributed by atoms with van der Waals surface area (Å²) in [5.41, 5.74) is 2.98. The van der Waals surface area contributed by atoms with E-state index in [4.69, 9.17) is 16.3 Å². The van der Waals surface area contributed by atoms with E-state index in [-0.39, 0.29) is 17.8 Å². The third kappa shape index (κ3) is 6.33. The maximum absolute atomic E-state index is 12.7. The molecule has 0 aliphatic carbocycles. The van der Waals surface area contributed by atoms with Crippen molar-refractivity contribution in [2.45, 2.75) is 0 Å². The molecule has 0 aliphatic heterocycles. The number of hydrogen-bond donors (Lipinski definition) is 4. The third-order valence-corrected chi connectivity index (χ3v) is 6.21. The highest BCUT2D eigenvalue weighted by Gasteiger charge is 2.13. The number of hydrogen-bond acceptors (Lipinski definition) is 9. The van der Waals surface area contributed by atoms with E-state index in [2.05, 4.69) is 41.2 Å². The minimum Gasteiger partial charge on any atom is -0.497 e. The number of aromatic nitrogens is 4. The number of halogens is 1. The second-order valence-electron chi connectivity index (χ2n) is 7.75. The summed E-state index contributed by atoms with van der Waals surface area (Å²) in [5, 5.41) is 14.5. The van der Waals surface area contributed by atoms with E-state index >= 15 is 0 Å². The van der Waals surface area contributed by atoms with Crippen molar-refractivity contribution < 1.29 is 9.53 Å². The Bertz CT molecular complexity index is 1550. The van der Waals surface area contributed by atoms with Crippen molar-refractivity contribution in [3.8, 4) is 17.0 Å². The summed E-state index contributed by atoms with van der Waals surface area (Å²) < 4.78 is 5.21. The minimum atomic E-state index is -0.564. The van der Waals surface area contributed by atoms with E-state index in [1.54, 1.807) is 43.5 Å². The van der Waals surface area contributed by atoms with Crippen LogP contribution in [0.15, 0.2) is 84.2 Å². The number of amides is 2. The molecule has 0 spiro atoms. The van der Waals surface area contributed by atoms with Crippen LogP contribution in [-0.2, 0) is 0 Å². The summed E-state index contributed by atoms with van der Waals surface area (Å²) in [7, 11) is 1.60. The summed E-state index contributed by atoms with van der Waals surface area (Å²) in [6.45, 7) is 0.